The molecule has 3 saturated heterocycles. The maximum Gasteiger partial charge on any atom is 0.313 e. The molecule has 0 saturated carbocycles. The van der Waals surface area contributed by atoms with Crippen molar-refractivity contribution < 1.29 is 33.8 Å². The molecule has 0 unspecified atom stereocenters. The SMILES string of the molecule is C=CCCC(=O)N(C)[C@@H](C)[C@@H](OC(=O)[C@@H]1[C@@H]2CC[C@]3(O2)[C@H](C(=O)N(CC=C)c2cc(C)ccc2C)N(CCO)C(=O)[C@@H]13)c1ccccc1. The number of benzene rings is 2. The number of rotatable bonds is 14. The van der Waals surface area contributed by atoms with E-state index in [0.717, 1.165) is 11.1 Å². The predicted octanol–water partition coefficient (Wildman–Crippen LogP) is 4.29. The third-order valence-electron chi connectivity index (χ3n) is 10.3. The zero-order valence-corrected chi connectivity index (χ0v) is 28.3. The van der Waals surface area contributed by atoms with E-state index in [2.05, 4.69) is 13.2 Å². The summed E-state index contributed by atoms with van der Waals surface area (Å²) in [7, 11) is 1.68. The number of β-amino-alcohol motifs (C(OH)–C–C–N with tert-alkyl or cyclic N) is 1. The van der Waals surface area contributed by atoms with Crippen LogP contribution in [0.5, 0.6) is 0 Å². The molecular weight excluding hydrogens is 610 g/mol. The van der Waals surface area contributed by atoms with Gasteiger partial charge < -0.3 is 29.3 Å². The number of aryl methyl sites for hydroxylation is 2. The van der Waals surface area contributed by atoms with E-state index in [-0.39, 0.29) is 37.9 Å². The van der Waals surface area contributed by atoms with Crippen molar-refractivity contribution in [3.63, 3.8) is 0 Å². The molecule has 7 atom stereocenters. The van der Waals surface area contributed by atoms with Crippen LogP contribution in [0, 0.1) is 25.7 Å². The number of likely N-dealkylation sites (N-methyl/N-ethyl adjacent to an activating group) is 1. The molecule has 0 radical (unpaired) electrons. The summed E-state index contributed by atoms with van der Waals surface area (Å²) in [5.41, 5.74) is 2.00. The van der Waals surface area contributed by atoms with Gasteiger partial charge >= 0.3 is 5.97 Å². The monoisotopic (exact) mass is 657 g/mol. The quantitative estimate of drug-likeness (QED) is 0.238. The fourth-order valence-corrected chi connectivity index (χ4v) is 7.77. The van der Waals surface area contributed by atoms with Crippen LogP contribution in [0.25, 0.3) is 0 Å². The number of hydrogen-bond donors (Lipinski definition) is 1. The van der Waals surface area contributed by atoms with Gasteiger partial charge in [-0.3, -0.25) is 19.2 Å². The molecule has 3 heterocycles. The molecule has 1 N–H and O–H groups in total. The Kier molecular flexibility index (Phi) is 10.6. The van der Waals surface area contributed by atoms with Crippen molar-refractivity contribution in [2.75, 3.05) is 31.6 Å². The molecule has 3 amide bonds. The molecule has 10 nitrogen and oxygen atoms in total. The standard InChI is InChI=1S/C38H47N3O7/c1-7-9-15-30(43)39(6)26(5)33(27-13-11-10-12-14-27)47-37(46)31-29-18-19-38(48-29)32(31)35(44)41(21-22-42)34(38)36(45)40(20-8-2)28-23-24(3)16-17-25(28)4/h7-8,10-14,16-17,23,26,29,31-34,42H,1-2,9,15,18-22H2,3-6H3/t26-,29-,31+,32+,33+,34-,38+/m0/s1. The minimum atomic E-state index is -1.26. The van der Waals surface area contributed by atoms with Crippen molar-refractivity contribution in [3.05, 3.63) is 90.5 Å². The number of ether oxygens (including phenoxy) is 2. The van der Waals surface area contributed by atoms with Crippen LogP contribution in [0.2, 0.25) is 0 Å². The smallest absolute Gasteiger partial charge is 0.313 e. The number of nitrogens with zero attached hydrogens (tertiary/aromatic N) is 3. The Morgan fingerprint density at radius 3 is 2.54 bits per heavy atom. The number of carbonyl (C=O) groups excluding carboxylic acids is 4. The van der Waals surface area contributed by atoms with E-state index in [1.54, 1.807) is 29.0 Å². The van der Waals surface area contributed by atoms with Crippen LogP contribution in [-0.2, 0) is 28.7 Å². The molecule has 1 spiro atoms. The highest BCUT2D eigenvalue weighted by molar-refractivity contribution is 6.05. The molecule has 48 heavy (non-hydrogen) atoms. The number of aliphatic hydroxyl groups excluding tert-OH is 1. The fourth-order valence-electron chi connectivity index (χ4n) is 7.77. The van der Waals surface area contributed by atoms with Crippen molar-refractivity contribution in [2.24, 2.45) is 11.8 Å². The van der Waals surface area contributed by atoms with Crippen molar-refractivity contribution in [1.82, 2.24) is 9.80 Å². The number of esters is 1. The molecule has 2 aromatic carbocycles. The average molecular weight is 658 g/mol. The number of allylic oxidation sites excluding steroid dienone is 1. The van der Waals surface area contributed by atoms with Crippen molar-refractivity contribution in [3.8, 4) is 0 Å². The van der Waals surface area contributed by atoms with Gasteiger partial charge in [0.2, 0.25) is 11.8 Å². The minimum Gasteiger partial charge on any atom is -0.455 e. The zero-order valence-electron chi connectivity index (χ0n) is 28.3. The summed E-state index contributed by atoms with van der Waals surface area (Å²) in [5, 5.41) is 10.0. The van der Waals surface area contributed by atoms with Crippen LogP contribution in [0.1, 0.15) is 55.4 Å². The van der Waals surface area contributed by atoms with Gasteiger partial charge in [0.15, 0.2) is 0 Å². The Hall–Kier alpha value is -4.28. The number of likely N-dealkylation sites (tertiary alicyclic amines) is 1. The number of amides is 3. The summed E-state index contributed by atoms with van der Waals surface area (Å²) in [4.78, 5) is 60.8. The first-order valence-corrected chi connectivity index (χ1v) is 16.7. The predicted molar refractivity (Wildman–Crippen MR) is 182 cm³/mol. The van der Waals surface area contributed by atoms with E-state index in [1.165, 1.54) is 4.90 Å². The van der Waals surface area contributed by atoms with Gasteiger partial charge in [0.1, 0.15) is 17.7 Å². The third-order valence-corrected chi connectivity index (χ3v) is 10.3. The summed E-state index contributed by atoms with van der Waals surface area (Å²) in [6, 6.07) is 13.5. The topological polar surface area (TPSA) is 117 Å². The van der Waals surface area contributed by atoms with E-state index >= 15 is 0 Å². The van der Waals surface area contributed by atoms with Crippen molar-refractivity contribution in [2.45, 2.75) is 76.3 Å². The number of aliphatic hydroxyl groups is 1. The molecule has 3 fully saturated rings. The number of anilines is 1. The zero-order chi connectivity index (χ0) is 34.7. The molecule has 256 valence electrons. The molecule has 3 aliphatic heterocycles. The Balaban J connectivity index is 1.48. The molecule has 5 rings (SSSR count). The maximum absolute atomic E-state index is 14.7. The fraction of sp³-hybridized carbons (Fsp3) is 0.474. The van der Waals surface area contributed by atoms with E-state index < -0.39 is 53.6 Å². The highest BCUT2D eigenvalue weighted by Gasteiger charge is 2.75. The minimum absolute atomic E-state index is 0.0840. The maximum atomic E-state index is 14.7. The van der Waals surface area contributed by atoms with E-state index in [9.17, 15) is 24.3 Å². The van der Waals surface area contributed by atoms with Gasteiger partial charge in [0, 0.05) is 32.2 Å². The molecule has 3 aliphatic rings. The average Bonchev–Trinajstić information content (AvgIpc) is 3.73. The van der Waals surface area contributed by atoms with Crippen LogP contribution in [-0.4, -0.2) is 89.1 Å². The van der Waals surface area contributed by atoms with Crippen molar-refractivity contribution in [1.29, 1.82) is 0 Å². The highest BCUT2D eigenvalue weighted by atomic mass is 16.6. The molecule has 0 aliphatic carbocycles. The van der Waals surface area contributed by atoms with Gasteiger partial charge in [0.25, 0.3) is 5.91 Å². The molecule has 0 aromatic heterocycles. The lowest BCUT2D eigenvalue weighted by molar-refractivity contribution is -0.164. The summed E-state index contributed by atoms with van der Waals surface area (Å²) in [6.07, 6.45) is 3.56. The van der Waals surface area contributed by atoms with Gasteiger partial charge in [-0.2, -0.15) is 0 Å². The summed E-state index contributed by atoms with van der Waals surface area (Å²) >= 11 is 0. The first kappa shape index (κ1) is 35.0. The van der Waals surface area contributed by atoms with Gasteiger partial charge in [-0.05, 0) is 62.8 Å². The number of fused-ring (bicyclic) bond motifs is 1. The lowest BCUT2D eigenvalue weighted by Crippen LogP contribution is -2.57. The second-order valence-electron chi connectivity index (χ2n) is 13.2. The summed E-state index contributed by atoms with van der Waals surface area (Å²) in [5.74, 6) is -3.40. The second kappa shape index (κ2) is 14.5. The Labute approximate surface area is 283 Å². The van der Waals surface area contributed by atoms with E-state index in [1.807, 2.05) is 69.3 Å². The van der Waals surface area contributed by atoms with Gasteiger partial charge in [-0.1, -0.05) is 54.6 Å². The molecule has 2 bridgehead atoms. The van der Waals surface area contributed by atoms with E-state index in [0.29, 0.717) is 30.5 Å². The van der Waals surface area contributed by atoms with Crippen LogP contribution in [0.3, 0.4) is 0 Å². The van der Waals surface area contributed by atoms with Crippen LogP contribution in [0.15, 0.2) is 73.8 Å². The van der Waals surface area contributed by atoms with Crippen LogP contribution >= 0.6 is 0 Å². The third kappa shape index (κ3) is 6.19. The lowest BCUT2D eigenvalue weighted by atomic mass is 9.70. The Morgan fingerprint density at radius 2 is 1.88 bits per heavy atom. The molecule has 2 aromatic rings. The molecular formula is C38H47N3O7. The van der Waals surface area contributed by atoms with Crippen LogP contribution < -0.4 is 4.90 Å². The van der Waals surface area contributed by atoms with Gasteiger partial charge in [-0.25, -0.2) is 0 Å². The summed E-state index contributed by atoms with van der Waals surface area (Å²) < 4.78 is 12.9. The van der Waals surface area contributed by atoms with Crippen LogP contribution in [0.4, 0.5) is 5.69 Å². The second-order valence-corrected chi connectivity index (χ2v) is 13.2. The van der Waals surface area contributed by atoms with Crippen molar-refractivity contribution >= 4 is 29.4 Å². The highest BCUT2D eigenvalue weighted by Crippen LogP contribution is 2.59. The lowest BCUT2D eigenvalue weighted by Gasteiger charge is -2.37. The largest absolute Gasteiger partial charge is 0.455 e. The Bertz CT molecular complexity index is 1560. The normalized spacial score (nSPS) is 25.3. The van der Waals surface area contributed by atoms with E-state index in [4.69, 9.17) is 9.47 Å². The first-order chi connectivity index (χ1) is 23.0. The van der Waals surface area contributed by atoms with Gasteiger partial charge in [-0.15, -0.1) is 13.2 Å². The van der Waals surface area contributed by atoms with Gasteiger partial charge in [0.05, 0.1) is 30.6 Å². The first-order valence-electron chi connectivity index (χ1n) is 16.7. The Morgan fingerprint density at radius 1 is 1.15 bits per heavy atom. The summed E-state index contributed by atoms with van der Waals surface area (Å²) in [6.45, 7) is 13.0. The molecule has 10 heteroatoms. The number of carbonyl (C=O) groups is 4. The number of hydrogen-bond acceptors (Lipinski definition) is 7.